The molecule has 1 saturated heterocycles. The standard InChI is InChI=1S/C10H20INO/c1-3-9(2)4-5-12-6-7-13-10(11)8-12/h9-10H,3-8H2,1-2H3. The Morgan fingerprint density at radius 2 is 2.38 bits per heavy atom. The summed E-state index contributed by atoms with van der Waals surface area (Å²) in [6.45, 7) is 8.99. The Hall–Kier alpha value is 0.650. The third-order valence-corrected chi connectivity index (χ3v) is 3.50. The fourth-order valence-corrected chi connectivity index (χ4v) is 2.28. The van der Waals surface area contributed by atoms with E-state index in [1.807, 2.05) is 0 Å². The topological polar surface area (TPSA) is 12.5 Å². The average molecular weight is 297 g/mol. The van der Waals surface area contributed by atoms with Gasteiger partial charge in [-0.2, -0.15) is 0 Å². The van der Waals surface area contributed by atoms with Crippen LogP contribution in [-0.2, 0) is 4.74 Å². The Morgan fingerprint density at radius 1 is 1.62 bits per heavy atom. The van der Waals surface area contributed by atoms with Crippen molar-refractivity contribution in [2.24, 2.45) is 5.92 Å². The zero-order valence-corrected chi connectivity index (χ0v) is 10.8. The third-order valence-electron chi connectivity index (χ3n) is 2.74. The normalized spacial score (nSPS) is 27.5. The van der Waals surface area contributed by atoms with Gasteiger partial charge in [0, 0.05) is 13.1 Å². The first-order valence-electron chi connectivity index (χ1n) is 5.20. The molecule has 1 fully saturated rings. The maximum absolute atomic E-state index is 5.49. The lowest BCUT2D eigenvalue weighted by molar-refractivity contribution is 0.0248. The average Bonchev–Trinajstić information content (AvgIpc) is 2.14. The minimum absolute atomic E-state index is 0.406. The van der Waals surface area contributed by atoms with Gasteiger partial charge in [0.1, 0.15) is 4.11 Å². The van der Waals surface area contributed by atoms with Crippen LogP contribution in [0.5, 0.6) is 0 Å². The molecule has 1 aliphatic heterocycles. The Bertz CT molecular complexity index is 143. The maximum Gasteiger partial charge on any atom is 0.121 e. The summed E-state index contributed by atoms with van der Waals surface area (Å²) in [6.07, 6.45) is 2.64. The second kappa shape index (κ2) is 6.19. The van der Waals surface area contributed by atoms with Crippen LogP contribution in [0.4, 0.5) is 0 Å². The van der Waals surface area contributed by atoms with Gasteiger partial charge in [0.25, 0.3) is 0 Å². The van der Waals surface area contributed by atoms with E-state index in [-0.39, 0.29) is 0 Å². The lowest BCUT2D eigenvalue weighted by Gasteiger charge is -2.30. The molecule has 0 N–H and O–H groups in total. The van der Waals surface area contributed by atoms with Gasteiger partial charge < -0.3 is 4.74 Å². The molecule has 0 bridgehead atoms. The third kappa shape index (κ3) is 4.61. The van der Waals surface area contributed by atoms with Crippen molar-refractivity contribution in [3.05, 3.63) is 0 Å². The van der Waals surface area contributed by atoms with Gasteiger partial charge in [0.15, 0.2) is 0 Å². The molecule has 3 heteroatoms. The lowest BCUT2D eigenvalue weighted by Crippen LogP contribution is -2.40. The van der Waals surface area contributed by atoms with Crippen molar-refractivity contribution in [3.63, 3.8) is 0 Å². The van der Waals surface area contributed by atoms with Crippen LogP contribution >= 0.6 is 22.6 Å². The molecule has 0 aromatic carbocycles. The number of nitrogens with zero attached hydrogens (tertiary/aromatic N) is 1. The van der Waals surface area contributed by atoms with Crippen LogP contribution in [0.2, 0.25) is 0 Å². The molecular weight excluding hydrogens is 277 g/mol. The molecule has 1 rings (SSSR count). The van der Waals surface area contributed by atoms with E-state index in [1.165, 1.54) is 19.4 Å². The summed E-state index contributed by atoms with van der Waals surface area (Å²) in [6, 6.07) is 0. The summed E-state index contributed by atoms with van der Waals surface area (Å²) in [5.74, 6) is 0.871. The van der Waals surface area contributed by atoms with Gasteiger partial charge in [-0.3, -0.25) is 4.90 Å². The Balaban J connectivity index is 2.13. The number of hydrogen-bond acceptors (Lipinski definition) is 2. The van der Waals surface area contributed by atoms with E-state index >= 15 is 0 Å². The molecule has 13 heavy (non-hydrogen) atoms. The second-order valence-electron chi connectivity index (χ2n) is 3.88. The highest BCUT2D eigenvalue weighted by Crippen LogP contribution is 2.13. The first kappa shape index (κ1) is 11.7. The van der Waals surface area contributed by atoms with Crippen LogP contribution < -0.4 is 0 Å². The van der Waals surface area contributed by atoms with Crippen LogP contribution in [0.3, 0.4) is 0 Å². The second-order valence-corrected chi connectivity index (χ2v) is 5.27. The molecule has 2 unspecified atom stereocenters. The summed E-state index contributed by atoms with van der Waals surface area (Å²) in [5.41, 5.74) is 0. The number of ether oxygens (including phenoxy) is 1. The molecule has 0 amide bonds. The van der Waals surface area contributed by atoms with Crippen molar-refractivity contribution in [2.75, 3.05) is 26.2 Å². The van der Waals surface area contributed by atoms with Crippen molar-refractivity contribution >= 4 is 22.6 Å². The van der Waals surface area contributed by atoms with E-state index in [2.05, 4.69) is 41.3 Å². The number of hydrogen-bond donors (Lipinski definition) is 0. The van der Waals surface area contributed by atoms with Crippen molar-refractivity contribution in [1.29, 1.82) is 0 Å². The predicted molar refractivity (Wildman–Crippen MR) is 64.3 cm³/mol. The highest BCUT2D eigenvalue weighted by Gasteiger charge is 2.17. The maximum atomic E-state index is 5.49. The van der Waals surface area contributed by atoms with Crippen molar-refractivity contribution in [2.45, 2.75) is 30.8 Å². The van der Waals surface area contributed by atoms with Crippen molar-refractivity contribution in [1.82, 2.24) is 4.90 Å². The van der Waals surface area contributed by atoms with Gasteiger partial charge in [-0.1, -0.05) is 20.3 Å². The predicted octanol–water partition coefficient (Wildman–Crippen LogP) is 2.52. The van der Waals surface area contributed by atoms with E-state index in [0.717, 1.165) is 25.6 Å². The summed E-state index contributed by atoms with van der Waals surface area (Å²) in [5, 5.41) is 0. The SMILES string of the molecule is CCC(C)CCN1CCOC(I)C1. The van der Waals surface area contributed by atoms with E-state index in [4.69, 9.17) is 4.74 Å². The molecule has 0 aromatic rings. The van der Waals surface area contributed by atoms with E-state index in [1.54, 1.807) is 0 Å². The van der Waals surface area contributed by atoms with Crippen molar-refractivity contribution < 1.29 is 4.74 Å². The molecule has 1 heterocycles. The Morgan fingerprint density at radius 3 is 3.00 bits per heavy atom. The quantitative estimate of drug-likeness (QED) is 0.584. The highest BCUT2D eigenvalue weighted by atomic mass is 127. The van der Waals surface area contributed by atoms with Crippen molar-refractivity contribution in [3.8, 4) is 0 Å². The lowest BCUT2D eigenvalue weighted by atomic mass is 10.1. The molecule has 0 aliphatic carbocycles. The summed E-state index contributed by atoms with van der Waals surface area (Å²) >= 11 is 2.37. The van der Waals surface area contributed by atoms with E-state index < -0.39 is 0 Å². The molecule has 0 aromatic heterocycles. The van der Waals surface area contributed by atoms with Crippen LogP contribution in [-0.4, -0.2) is 35.3 Å². The molecule has 2 atom stereocenters. The van der Waals surface area contributed by atoms with Crippen LogP contribution in [0.15, 0.2) is 0 Å². The minimum Gasteiger partial charge on any atom is -0.365 e. The van der Waals surface area contributed by atoms with Gasteiger partial charge in [-0.05, 0) is 41.5 Å². The van der Waals surface area contributed by atoms with Crippen LogP contribution in [0.25, 0.3) is 0 Å². The number of halogens is 1. The fourth-order valence-electron chi connectivity index (χ4n) is 1.47. The first-order valence-corrected chi connectivity index (χ1v) is 6.45. The van der Waals surface area contributed by atoms with E-state index in [0.29, 0.717) is 4.11 Å². The zero-order chi connectivity index (χ0) is 9.68. The molecule has 1 aliphatic rings. The van der Waals surface area contributed by atoms with Crippen LogP contribution in [0, 0.1) is 5.92 Å². The minimum atomic E-state index is 0.406. The largest absolute Gasteiger partial charge is 0.365 e. The molecular formula is C10H20INO. The smallest absolute Gasteiger partial charge is 0.121 e. The van der Waals surface area contributed by atoms with Gasteiger partial charge in [0.05, 0.1) is 6.61 Å². The monoisotopic (exact) mass is 297 g/mol. The Kier molecular flexibility index (Phi) is 5.58. The fraction of sp³-hybridized carbons (Fsp3) is 1.00. The van der Waals surface area contributed by atoms with Gasteiger partial charge in [0.2, 0.25) is 0 Å². The van der Waals surface area contributed by atoms with Gasteiger partial charge in [-0.25, -0.2) is 0 Å². The summed E-state index contributed by atoms with van der Waals surface area (Å²) in [7, 11) is 0. The summed E-state index contributed by atoms with van der Waals surface area (Å²) < 4.78 is 5.89. The highest BCUT2D eigenvalue weighted by molar-refractivity contribution is 14.1. The summed E-state index contributed by atoms with van der Waals surface area (Å²) in [4.78, 5) is 2.52. The zero-order valence-electron chi connectivity index (χ0n) is 8.63. The molecule has 78 valence electrons. The first-order chi connectivity index (χ1) is 6.22. The van der Waals surface area contributed by atoms with E-state index in [9.17, 15) is 0 Å². The number of morpholine rings is 1. The molecule has 0 spiro atoms. The Labute approximate surface area is 95.2 Å². The van der Waals surface area contributed by atoms with Crippen LogP contribution in [0.1, 0.15) is 26.7 Å². The van der Waals surface area contributed by atoms with Gasteiger partial charge in [-0.15, -0.1) is 0 Å². The van der Waals surface area contributed by atoms with Gasteiger partial charge >= 0.3 is 0 Å². The number of alkyl halides is 1. The molecule has 0 radical (unpaired) electrons. The molecule has 0 saturated carbocycles. The molecule has 2 nitrogen and oxygen atoms in total. The number of rotatable bonds is 4.